The van der Waals surface area contributed by atoms with E-state index in [9.17, 15) is 4.79 Å². The van der Waals surface area contributed by atoms with Crippen LogP contribution in [0.15, 0.2) is 36.5 Å². The van der Waals surface area contributed by atoms with Crippen LogP contribution in [0.1, 0.15) is 10.5 Å². The Hall–Kier alpha value is -2.38. The van der Waals surface area contributed by atoms with E-state index in [1.165, 1.54) is 0 Å². The van der Waals surface area contributed by atoms with Gasteiger partial charge in [0.05, 0.1) is 23.4 Å². The van der Waals surface area contributed by atoms with Gasteiger partial charge in [0, 0.05) is 25.0 Å². The lowest BCUT2D eigenvalue weighted by Crippen LogP contribution is -2.36. The summed E-state index contributed by atoms with van der Waals surface area (Å²) in [5.41, 5.74) is 2.27. The van der Waals surface area contributed by atoms with Gasteiger partial charge in [-0.15, -0.1) is 0 Å². The number of fused-ring (bicyclic) bond motifs is 1. The molecule has 1 saturated heterocycles. The summed E-state index contributed by atoms with van der Waals surface area (Å²) in [5.74, 6) is -0.146. The summed E-state index contributed by atoms with van der Waals surface area (Å²) in [6.45, 7) is 3.23. The molecule has 1 aromatic carbocycles. The van der Waals surface area contributed by atoms with Gasteiger partial charge in [0.1, 0.15) is 5.69 Å². The zero-order valence-electron chi connectivity index (χ0n) is 12.4. The first-order chi connectivity index (χ1) is 11.3. The second kappa shape index (κ2) is 6.02. The summed E-state index contributed by atoms with van der Waals surface area (Å²) in [6, 6.07) is 9.34. The van der Waals surface area contributed by atoms with Crippen LogP contribution in [0.25, 0.3) is 10.2 Å². The smallest absolute Gasteiger partial charge is 0.272 e. The first-order valence-electron chi connectivity index (χ1n) is 7.48. The van der Waals surface area contributed by atoms with E-state index >= 15 is 0 Å². The van der Waals surface area contributed by atoms with E-state index in [0.29, 0.717) is 5.69 Å². The molecule has 2 N–H and O–H groups in total. The fourth-order valence-electron chi connectivity index (χ4n) is 2.55. The highest BCUT2D eigenvalue weighted by Crippen LogP contribution is 2.31. The summed E-state index contributed by atoms with van der Waals surface area (Å²) in [4.78, 5) is 21.9. The van der Waals surface area contributed by atoms with Gasteiger partial charge in [0.25, 0.3) is 5.91 Å². The number of aromatic nitrogens is 2. The van der Waals surface area contributed by atoms with Crippen molar-refractivity contribution in [3.05, 3.63) is 42.2 Å². The Labute approximate surface area is 137 Å². The normalized spacial score (nSPS) is 15.0. The van der Waals surface area contributed by atoms with Crippen LogP contribution in [0.4, 0.5) is 10.8 Å². The summed E-state index contributed by atoms with van der Waals surface area (Å²) in [6.07, 6.45) is 1.73. The van der Waals surface area contributed by atoms with Crippen LogP contribution in [0.2, 0.25) is 0 Å². The minimum absolute atomic E-state index is 0.146. The summed E-state index contributed by atoms with van der Waals surface area (Å²) in [5, 5.41) is 3.91. The molecule has 1 fully saturated rings. The number of aromatic amines is 1. The average Bonchev–Trinajstić information content (AvgIpc) is 3.25. The zero-order valence-corrected chi connectivity index (χ0v) is 13.2. The Bertz CT molecular complexity index is 822. The van der Waals surface area contributed by atoms with Gasteiger partial charge in [0.15, 0.2) is 5.13 Å². The molecule has 0 spiro atoms. The molecule has 0 radical (unpaired) electrons. The number of thiazole rings is 1. The number of hydrogen-bond acceptors (Lipinski definition) is 5. The molecular formula is C16H16N4O2S. The number of nitrogens with one attached hydrogen (secondary N) is 2. The van der Waals surface area contributed by atoms with E-state index < -0.39 is 0 Å². The number of nitrogens with zero attached hydrogens (tertiary/aromatic N) is 2. The Kier molecular flexibility index (Phi) is 3.72. The van der Waals surface area contributed by atoms with Crippen molar-refractivity contribution in [1.82, 2.24) is 9.97 Å². The lowest BCUT2D eigenvalue weighted by molar-refractivity contribution is 0.102. The number of rotatable bonds is 3. The van der Waals surface area contributed by atoms with Crippen molar-refractivity contribution in [2.24, 2.45) is 0 Å². The van der Waals surface area contributed by atoms with Crippen molar-refractivity contribution in [2.45, 2.75) is 0 Å². The maximum absolute atomic E-state index is 12.1. The van der Waals surface area contributed by atoms with Crippen molar-refractivity contribution in [3.63, 3.8) is 0 Å². The number of ether oxygens (including phenoxy) is 1. The number of H-pyrrole nitrogens is 1. The molecule has 0 bridgehead atoms. The summed E-state index contributed by atoms with van der Waals surface area (Å²) >= 11 is 1.64. The number of hydrogen-bond donors (Lipinski definition) is 2. The number of morpholine rings is 1. The Morgan fingerprint density at radius 1 is 1.30 bits per heavy atom. The van der Waals surface area contributed by atoms with E-state index in [-0.39, 0.29) is 5.91 Å². The fraction of sp³-hybridized carbons (Fsp3) is 0.250. The second-order valence-corrected chi connectivity index (χ2v) is 6.33. The van der Waals surface area contributed by atoms with Gasteiger partial charge in [0.2, 0.25) is 0 Å². The number of benzene rings is 1. The van der Waals surface area contributed by atoms with Crippen LogP contribution in [-0.4, -0.2) is 42.2 Å². The molecule has 7 heteroatoms. The first-order valence-corrected chi connectivity index (χ1v) is 8.29. The third kappa shape index (κ3) is 2.93. The van der Waals surface area contributed by atoms with Crippen LogP contribution in [-0.2, 0) is 4.74 Å². The molecule has 0 unspecified atom stereocenters. The monoisotopic (exact) mass is 328 g/mol. The Morgan fingerprint density at radius 2 is 2.17 bits per heavy atom. The molecule has 118 valence electrons. The lowest BCUT2D eigenvalue weighted by Gasteiger charge is -2.25. The van der Waals surface area contributed by atoms with Crippen molar-refractivity contribution >= 4 is 38.3 Å². The highest BCUT2D eigenvalue weighted by Gasteiger charge is 2.16. The van der Waals surface area contributed by atoms with Gasteiger partial charge in [-0.1, -0.05) is 11.3 Å². The van der Waals surface area contributed by atoms with Crippen molar-refractivity contribution in [3.8, 4) is 0 Å². The molecule has 1 aliphatic heterocycles. The van der Waals surface area contributed by atoms with Gasteiger partial charge in [-0.05, 0) is 30.3 Å². The molecule has 0 atom stereocenters. The van der Waals surface area contributed by atoms with Crippen LogP contribution in [0, 0.1) is 0 Å². The molecule has 1 aliphatic rings. The van der Waals surface area contributed by atoms with Crippen molar-refractivity contribution in [1.29, 1.82) is 0 Å². The Morgan fingerprint density at radius 3 is 2.96 bits per heavy atom. The summed E-state index contributed by atoms with van der Waals surface area (Å²) in [7, 11) is 0. The predicted octanol–water partition coefficient (Wildman–Crippen LogP) is 2.71. The zero-order chi connectivity index (χ0) is 15.6. The molecule has 0 aliphatic carbocycles. The molecule has 1 amide bonds. The highest BCUT2D eigenvalue weighted by molar-refractivity contribution is 7.22. The first kappa shape index (κ1) is 14.2. The van der Waals surface area contributed by atoms with E-state index in [1.807, 2.05) is 18.2 Å². The Balaban J connectivity index is 1.56. The standard InChI is InChI=1S/C16H16N4O2S/c21-15(13-2-1-5-17-13)18-11-3-4-12-14(10-11)23-16(19-12)20-6-8-22-9-7-20/h1-5,10,17H,6-9H2,(H,18,21). The minimum atomic E-state index is -0.146. The molecular weight excluding hydrogens is 312 g/mol. The van der Waals surface area contributed by atoms with E-state index in [1.54, 1.807) is 29.7 Å². The highest BCUT2D eigenvalue weighted by atomic mass is 32.1. The number of carbonyl (C=O) groups is 1. The molecule has 6 nitrogen and oxygen atoms in total. The SMILES string of the molecule is O=C(Nc1ccc2nc(N3CCOCC3)sc2c1)c1ccc[nH]1. The van der Waals surface area contributed by atoms with Crippen molar-refractivity contribution in [2.75, 3.05) is 36.5 Å². The third-order valence-electron chi connectivity index (χ3n) is 3.76. The lowest BCUT2D eigenvalue weighted by atomic mass is 10.3. The summed E-state index contributed by atoms with van der Waals surface area (Å²) < 4.78 is 6.44. The van der Waals surface area contributed by atoms with Crippen LogP contribution in [0.5, 0.6) is 0 Å². The van der Waals surface area contributed by atoms with Crippen LogP contribution < -0.4 is 10.2 Å². The number of anilines is 2. The van der Waals surface area contributed by atoms with E-state index in [4.69, 9.17) is 4.74 Å². The van der Waals surface area contributed by atoms with E-state index in [2.05, 4.69) is 20.2 Å². The topological polar surface area (TPSA) is 70.2 Å². The van der Waals surface area contributed by atoms with Crippen LogP contribution in [0.3, 0.4) is 0 Å². The van der Waals surface area contributed by atoms with Gasteiger partial charge in [-0.2, -0.15) is 0 Å². The van der Waals surface area contributed by atoms with Gasteiger partial charge < -0.3 is 19.9 Å². The molecule has 23 heavy (non-hydrogen) atoms. The average molecular weight is 328 g/mol. The third-order valence-corrected chi connectivity index (χ3v) is 4.84. The quantitative estimate of drug-likeness (QED) is 0.775. The number of carbonyl (C=O) groups excluding carboxylic acids is 1. The fourth-order valence-corrected chi connectivity index (χ4v) is 3.61. The maximum atomic E-state index is 12.1. The van der Waals surface area contributed by atoms with Gasteiger partial charge >= 0.3 is 0 Å². The molecule has 3 heterocycles. The minimum Gasteiger partial charge on any atom is -0.378 e. The predicted molar refractivity (Wildman–Crippen MR) is 91.4 cm³/mol. The molecule has 3 aromatic rings. The second-order valence-electron chi connectivity index (χ2n) is 5.32. The largest absolute Gasteiger partial charge is 0.378 e. The molecule has 2 aromatic heterocycles. The van der Waals surface area contributed by atoms with E-state index in [0.717, 1.165) is 47.3 Å². The van der Waals surface area contributed by atoms with Gasteiger partial charge in [-0.25, -0.2) is 4.98 Å². The number of amides is 1. The van der Waals surface area contributed by atoms with Crippen LogP contribution >= 0.6 is 11.3 Å². The maximum Gasteiger partial charge on any atom is 0.272 e. The van der Waals surface area contributed by atoms with Crippen molar-refractivity contribution < 1.29 is 9.53 Å². The van der Waals surface area contributed by atoms with Gasteiger partial charge in [-0.3, -0.25) is 4.79 Å². The molecule has 4 rings (SSSR count). The molecule has 0 saturated carbocycles.